The Morgan fingerprint density at radius 2 is 1.86 bits per heavy atom. The summed E-state index contributed by atoms with van der Waals surface area (Å²) in [6.45, 7) is 6.85. The molecule has 1 N–H and O–H groups in total. The zero-order valence-electron chi connectivity index (χ0n) is 16.5. The molecule has 3 rings (SSSR count). The molecule has 0 aliphatic rings. The molecule has 0 saturated carbocycles. The lowest BCUT2D eigenvalue weighted by atomic mass is 10.2. The summed E-state index contributed by atoms with van der Waals surface area (Å²) in [5.74, 6) is -0.520. The highest BCUT2D eigenvalue weighted by molar-refractivity contribution is 6.35. The number of fused-ring (bicyclic) bond motifs is 1. The van der Waals surface area contributed by atoms with Crippen LogP contribution < -0.4 is 10.9 Å². The number of hydrogen-bond acceptors (Lipinski definition) is 4. The Labute approximate surface area is 172 Å². The number of alkyl carbamates (subject to hydrolysis) is 1. The molecule has 3 aromatic rings. The number of nitrogens with zero attached hydrogens (tertiary/aromatic N) is 2. The molecule has 0 saturated heterocycles. The largest absolute Gasteiger partial charge is 0.444 e. The van der Waals surface area contributed by atoms with Crippen LogP contribution in [0.1, 0.15) is 39.6 Å². The Morgan fingerprint density at radius 1 is 1.21 bits per heavy atom. The summed E-state index contributed by atoms with van der Waals surface area (Å²) >= 11 is 6.17. The van der Waals surface area contributed by atoms with E-state index < -0.39 is 29.1 Å². The van der Waals surface area contributed by atoms with Gasteiger partial charge in [-0.1, -0.05) is 29.8 Å². The third kappa shape index (κ3) is 4.40. The first-order chi connectivity index (χ1) is 13.6. The standard InChI is InChI=1S/C21H21ClFN3O3/c1-12(24-20(28)29-21(2,3)4)18-25-17-15(23)11-10-14(22)16(17)19(27)26(18)13-8-6-5-7-9-13/h5-12H,1-4H3,(H,24,28)/t12-/m0/s1. The van der Waals surface area contributed by atoms with E-state index in [0.29, 0.717) is 5.69 Å². The van der Waals surface area contributed by atoms with E-state index in [2.05, 4.69) is 10.3 Å². The van der Waals surface area contributed by atoms with Crippen LogP contribution in [-0.4, -0.2) is 21.2 Å². The van der Waals surface area contributed by atoms with Crippen LogP contribution in [0.3, 0.4) is 0 Å². The lowest BCUT2D eigenvalue weighted by Crippen LogP contribution is -2.37. The molecule has 1 amide bonds. The highest BCUT2D eigenvalue weighted by Crippen LogP contribution is 2.25. The van der Waals surface area contributed by atoms with Crippen LogP contribution in [0.2, 0.25) is 5.02 Å². The van der Waals surface area contributed by atoms with Crippen LogP contribution in [0.15, 0.2) is 47.3 Å². The van der Waals surface area contributed by atoms with Crippen molar-refractivity contribution in [2.45, 2.75) is 39.3 Å². The fraction of sp³-hybridized carbons (Fsp3) is 0.286. The predicted octanol–water partition coefficient (Wildman–Crippen LogP) is 4.76. The number of hydrogen-bond donors (Lipinski definition) is 1. The minimum atomic E-state index is -0.750. The maximum absolute atomic E-state index is 14.4. The summed E-state index contributed by atoms with van der Waals surface area (Å²) in [7, 11) is 0. The molecule has 0 aliphatic carbocycles. The van der Waals surface area contributed by atoms with E-state index in [4.69, 9.17) is 16.3 Å². The number of para-hydroxylation sites is 1. The molecule has 0 bridgehead atoms. The summed E-state index contributed by atoms with van der Waals surface area (Å²) in [4.78, 5) is 29.8. The first-order valence-corrected chi connectivity index (χ1v) is 9.42. The van der Waals surface area contributed by atoms with E-state index in [9.17, 15) is 14.0 Å². The molecule has 6 nitrogen and oxygen atoms in total. The van der Waals surface area contributed by atoms with Gasteiger partial charge >= 0.3 is 6.09 Å². The second-order valence-electron chi connectivity index (χ2n) is 7.57. The summed E-state index contributed by atoms with van der Waals surface area (Å²) in [5.41, 5.74) is -0.861. The molecule has 0 aliphatic heterocycles. The van der Waals surface area contributed by atoms with Crippen molar-refractivity contribution in [3.63, 3.8) is 0 Å². The quantitative estimate of drug-likeness (QED) is 0.666. The number of nitrogens with one attached hydrogen (secondary N) is 1. The molecular formula is C21H21ClFN3O3. The van der Waals surface area contributed by atoms with Gasteiger partial charge in [0.05, 0.1) is 22.1 Å². The molecule has 0 fully saturated rings. The summed E-state index contributed by atoms with van der Waals surface area (Å²) in [5, 5.41) is 2.73. The Morgan fingerprint density at radius 3 is 2.48 bits per heavy atom. The molecule has 1 aromatic heterocycles. The zero-order valence-corrected chi connectivity index (χ0v) is 17.2. The van der Waals surface area contributed by atoms with E-state index in [1.165, 1.54) is 10.6 Å². The SMILES string of the molecule is C[C@H](NC(=O)OC(C)(C)C)c1nc2c(F)ccc(Cl)c2c(=O)n1-c1ccccc1. The van der Waals surface area contributed by atoms with E-state index >= 15 is 0 Å². The van der Waals surface area contributed by atoms with Gasteiger partial charge in [-0.15, -0.1) is 0 Å². The van der Waals surface area contributed by atoms with Gasteiger partial charge in [0, 0.05) is 0 Å². The molecule has 8 heteroatoms. The van der Waals surface area contributed by atoms with Crippen LogP contribution in [0, 0.1) is 5.82 Å². The van der Waals surface area contributed by atoms with Crippen LogP contribution in [0.25, 0.3) is 16.6 Å². The van der Waals surface area contributed by atoms with Crippen molar-refractivity contribution in [2.75, 3.05) is 0 Å². The van der Waals surface area contributed by atoms with Crippen molar-refractivity contribution < 1.29 is 13.9 Å². The second-order valence-corrected chi connectivity index (χ2v) is 7.97. The Kier molecular flexibility index (Phi) is 5.61. The van der Waals surface area contributed by atoms with Crippen LogP contribution in [0.5, 0.6) is 0 Å². The van der Waals surface area contributed by atoms with Crippen molar-refractivity contribution in [3.8, 4) is 5.69 Å². The topological polar surface area (TPSA) is 73.2 Å². The molecule has 1 atom stereocenters. The summed E-state index contributed by atoms with van der Waals surface area (Å²) in [6.07, 6.45) is -0.675. The zero-order chi connectivity index (χ0) is 21.3. The number of amides is 1. The molecule has 29 heavy (non-hydrogen) atoms. The third-order valence-corrected chi connectivity index (χ3v) is 4.40. The van der Waals surface area contributed by atoms with Gasteiger partial charge in [0.15, 0.2) is 0 Å². The van der Waals surface area contributed by atoms with Gasteiger partial charge in [-0.25, -0.2) is 14.2 Å². The highest BCUT2D eigenvalue weighted by atomic mass is 35.5. The van der Waals surface area contributed by atoms with Crippen LogP contribution in [-0.2, 0) is 4.74 Å². The van der Waals surface area contributed by atoms with E-state index in [0.717, 1.165) is 6.07 Å². The molecule has 0 radical (unpaired) electrons. The first-order valence-electron chi connectivity index (χ1n) is 9.04. The smallest absolute Gasteiger partial charge is 0.408 e. The van der Waals surface area contributed by atoms with Gasteiger partial charge in [-0.05, 0) is 52.0 Å². The number of carbonyl (C=O) groups is 1. The maximum Gasteiger partial charge on any atom is 0.408 e. The number of halogens is 2. The van der Waals surface area contributed by atoms with E-state index in [1.54, 1.807) is 58.0 Å². The van der Waals surface area contributed by atoms with Crippen molar-refractivity contribution in [2.24, 2.45) is 0 Å². The number of carbonyl (C=O) groups excluding carboxylic acids is 1. The summed E-state index contributed by atoms with van der Waals surface area (Å²) < 4.78 is 21.0. The molecule has 0 unspecified atom stereocenters. The second kappa shape index (κ2) is 7.83. The third-order valence-electron chi connectivity index (χ3n) is 4.09. The number of aromatic nitrogens is 2. The van der Waals surface area contributed by atoms with Gasteiger partial charge < -0.3 is 10.1 Å². The van der Waals surface area contributed by atoms with Crippen LogP contribution in [0.4, 0.5) is 9.18 Å². The Bertz CT molecular complexity index is 1120. The molecule has 1 heterocycles. The normalized spacial score (nSPS) is 12.6. The van der Waals surface area contributed by atoms with Crippen molar-refractivity contribution in [1.29, 1.82) is 0 Å². The fourth-order valence-electron chi connectivity index (χ4n) is 2.90. The van der Waals surface area contributed by atoms with E-state index in [-0.39, 0.29) is 21.7 Å². The van der Waals surface area contributed by atoms with Crippen molar-refractivity contribution >= 4 is 28.6 Å². The lowest BCUT2D eigenvalue weighted by molar-refractivity contribution is 0.0505. The van der Waals surface area contributed by atoms with Gasteiger partial charge in [0.1, 0.15) is 22.8 Å². The lowest BCUT2D eigenvalue weighted by Gasteiger charge is -2.23. The van der Waals surface area contributed by atoms with E-state index in [1.807, 2.05) is 0 Å². The fourth-order valence-corrected chi connectivity index (χ4v) is 3.13. The van der Waals surface area contributed by atoms with Gasteiger partial charge in [0.2, 0.25) is 0 Å². The average molecular weight is 418 g/mol. The molecule has 152 valence electrons. The Balaban J connectivity index is 2.21. The molecule has 2 aromatic carbocycles. The highest BCUT2D eigenvalue weighted by Gasteiger charge is 2.24. The van der Waals surface area contributed by atoms with Crippen molar-refractivity contribution in [3.05, 3.63) is 69.5 Å². The molecular weight excluding hydrogens is 397 g/mol. The first kappa shape index (κ1) is 20.8. The summed E-state index contributed by atoms with van der Waals surface area (Å²) in [6, 6.07) is 10.5. The van der Waals surface area contributed by atoms with Gasteiger partial charge in [0.25, 0.3) is 5.56 Å². The van der Waals surface area contributed by atoms with Gasteiger partial charge in [-0.2, -0.15) is 0 Å². The Hall–Kier alpha value is -2.93. The predicted molar refractivity (Wildman–Crippen MR) is 110 cm³/mol. The minimum absolute atomic E-state index is 0.0243. The number of rotatable bonds is 3. The van der Waals surface area contributed by atoms with Crippen molar-refractivity contribution in [1.82, 2.24) is 14.9 Å². The minimum Gasteiger partial charge on any atom is -0.444 e. The molecule has 0 spiro atoms. The monoisotopic (exact) mass is 417 g/mol. The average Bonchev–Trinajstić information content (AvgIpc) is 2.63. The maximum atomic E-state index is 14.4. The number of benzene rings is 2. The number of ether oxygens (including phenoxy) is 1. The van der Waals surface area contributed by atoms with Gasteiger partial charge in [-0.3, -0.25) is 9.36 Å². The van der Waals surface area contributed by atoms with Crippen LogP contribution >= 0.6 is 11.6 Å².